The van der Waals surface area contributed by atoms with E-state index < -0.39 is 0 Å². The molecule has 0 aliphatic carbocycles. The monoisotopic (exact) mass is 355 g/mol. The minimum Gasteiger partial charge on any atom is -0.369 e. The molecule has 1 unspecified atom stereocenters. The highest BCUT2D eigenvalue weighted by molar-refractivity contribution is 5.94. The van der Waals surface area contributed by atoms with E-state index in [9.17, 15) is 9.18 Å². The molecule has 138 valence electrons. The maximum atomic E-state index is 13.0. The first-order valence-electron chi connectivity index (χ1n) is 9.07. The van der Waals surface area contributed by atoms with Crippen LogP contribution in [0.4, 0.5) is 15.8 Å². The molecular formula is C21H26FN3O. The van der Waals surface area contributed by atoms with Crippen LogP contribution in [0.25, 0.3) is 0 Å². The summed E-state index contributed by atoms with van der Waals surface area (Å²) in [6.45, 7) is 9.70. The number of carbonyl (C=O) groups is 1. The van der Waals surface area contributed by atoms with Crippen LogP contribution in [-0.4, -0.2) is 43.0 Å². The van der Waals surface area contributed by atoms with Gasteiger partial charge in [0.05, 0.1) is 6.04 Å². The summed E-state index contributed by atoms with van der Waals surface area (Å²) in [5.74, 6) is -0.365. The average Bonchev–Trinajstić information content (AvgIpc) is 2.65. The Hall–Kier alpha value is -2.40. The zero-order chi connectivity index (χ0) is 18.7. The van der Waals surface area contributed by atoms with E-state index in [0.29, 0.717) is 5.69 Å². The molecule has 0 aromatic heterocycles. The number of halogens is 1. The van der Waals surface area contributed by atoms with Gasteiger partial charge in [0.25, 0.3) is 0 Å². The van der Waals surface area contributed by atoms with Crippen LogP contribution in [0.15, 0.2) is 42.5 Å². The highest BCUT2D eigenvalue weighted by atomic mass is 19.1. The number of hydrogen-bond donors (Lipinski definition) is 1. The van der Waals surface area contributed by atoms with Crippen LogP contribution >= 0.6 is 0 Å². The molecule has 1 aliphatic heterocycles. The Morgan fingerprint density at radius 1 is 1.04 bits per heavy atom. The summed E-state index contributed by atoms with van der Waals surface area (Å²) in [5.41, 5.74) is 4.53. The predicted molar refractivity (Wildman–Crippen MR) is 104 cm³/mol. The lowest BCUT2D eigenvalue weighted by atomic mass is 10.1. The summed E-state index contributed by atoms with van der Waals surface area (Å²) >= 11 is 0. The SMILES string of the molecule is Cc1cccc(N2CCN(C(C)C(=O)Nc3ccc(F)cc3)CC2)c1C. The van der Waals surface area contributed by atoms with E-state index in [1.807, 2.05) is 6.92 Å². The van der Waals surface area contributed by atoms with E-state index in [2.05, 4.69) is 47.2 Å². The van der Waals surface area contributed by atoms with Gasteiger partial charge in [-0.3, -0.25) is 9.69 Å². The van der Waals surface area contributed by atoms with Gasteiger partial charge in [0.15, 0.2) is 0 Å². The third-order valence-corrected chi connectivity index (χ3v) is 5.27. The van der Waals surface area contributed by atoms with Gasteiger partial charge < -0.3 is 10.2 Å². The van der Waals surface area contributed by atoms with Crippen molar-refractivity contribution in [3.05, 3.63) is 59.4 Å². The maximum absolute atomic E-state index is 13.0. The number of amides is 1. The third kappa shape index (κ3) is 4.05. The van der Waals surface area contributed by atoms with Crippen molar-refractivity contribution in [2.24, 2.45) is 0 Å². The molecule has 1 amide bonds. The molecule has 0 spiro atoms. The van der Waals surface area contributed by atoms with Crippen LogP contribution in [0.2, 0.25) is 0 Å². The number of nitrogens with one attached hydrogen (secondary N) is 1. The van der Waals surface area contributed by atoms with Gasteiger partial charge in [0.2, 0.25) is 5.91 Å². The number of piperazine rings is 1. The Kier molecular flexibility index (Phi) is 5.57. The summed E-state index contributed by atoms with van der Waals surface area (Å²) < 4.78 is 13.0. The van der Waals surface area contributed by atoms with Crippen LogP contribution in [0.5, 0.6) is 0 Å². The Morgan fingerprint density at radius 3 is 2.35 bits per heavy atom. The zero-order valence-electron chi connectivity index (χ0n) is 15.6. The number of anilines is 2. The molecule has 4 nitrogen and oxygen atoms in total. The van der Waals surface area contributed by atoms with Crippen molar-refractivity contribution in [1.82, 2.24) is 4.90 Å². The molecule has 2 aromatic carbocycles. The van der Waals surface area contributed by atoms with Crippen LogP contribution < -0.4 is 10.2 Å². The second-order valence-electron chi connectivity index (χ2n) is 6.91. The molecule has 2 aromatic rings. The second kappa shape index (κ2) is 7.87. The minimum absolute atomic E-state index is 0.0585. The number of nitrogens with zero attached hydrogens (tertiary/aromatic N) is 2. The van der Waals surface area contributed by atoms with E-state index in [4.69, 9.17) is 0 Å². The number of carbonyl (C=O) groups excluding carboxylic acids is 1. The quantitative estimate of drug-likeness (QED) is 0.910. The van der Waals surface area contributed by atoms with E-state index in [1.54, 1.807) is 12.1 Å². The maximum Gasteiger partial charge on any atom is 0.241 e. The summed E-state index contributed by atoms with van der Waals surface area (Å²) in [5, 5.41) is 2.86. The molecule has 26 heavy (non-hydrogen) atoms. The van der Waals surface area contributed by atoms with Gasteiger partial charge >= 0.3 is 0 Å². The topological polar surface area (TPSA) is 35.6 Å². The highest BCUT2D eigenvalue weighted by Gasteiger charge is 2.26. The molecule has 1 heterocycles. The van der Waals surface area contributed by atoms with E-state index in [1.165, 1.54) is 28.9 Å². The smallest absolute Gasteiger partial charge is 0.241 e. The van der Waals surface area contributed by atoms with Crippen molar-refractivity contribution >= 4 is 17.3 Å². The van der Waals surface area contributed by atoms with Crippen LogP contribution in [-0.2, 0) is 4.79 Å². The number of benzene rings is 2. The van der Waals surface area contributed by atoms with E-state index in [-0.39, 0.29) is 17.8 Å². The molecule has 3 rings (SSSR count). The fraction of sp³-hybridized carbons (Fsp3) is 0.381. The van der Waals surface area contributed by atoms with Crippen LogP contribution in [0.1, 0.15) is 18.1 Å². The Morgan fingerprint density at radius 2 is 1.69 bits per heavy atom. The van der Waals surface area contributed by atoms with Gasteiger partial charge in [0.1, 0.15) is 5.82 Å². The van der Waals surface area contributed by atoms with Crippen molar-refractivity contribution in [1.29, 1.82) is 0 Å². The Balaban J connectivity index is 1.57. The molecule has 1 atom stereocenters. The van der Waals surface area contributed by atoms with Gasteiger partial charge in [-0.15, -0.1) is 0 Å². The first-order valence-corrected chi connectivity index (χ1v) is 9.07. The number of aryl methyl sites for hydroxylation is 1. The van der Waals surface area contributed by atoms with Crippen molar-refractivity contribution < 1.29 is 9.18 Å². The average molecular weight is 355 g/mol. The largest absolute Gasteiger partial charge is 0.369 e. The fourth-order valence-corrected chi connectivity index (χ4v) is 3.37. The number of rotatable bonds is 4. The highest BCUT2D eigenvalue weighted by Crippen LogP contribution is 2.24. The van der Waals surface area contributed by atoms with Crippen molar-refractivity contribution in [2.45, 2.75) is 26.8 Å². The van der Waals surface area contributed by atoms with Crippen LogP contribution in [0.3, 0.4) is 0 Å². The lowest BCUT2D eigenvalue weighted by molar-refractivity contribution is -0.120. The predicted octanol–water partition coefficient (Wildman–Crippen LogP) is 3.59. The molecular weight excluding hydrogens is 329 g/mol. The lowest BCUT2D eigenvalue weighted by Gasteiger charge is -2.39. The van der Waals surface area contributed by atoms with Gasteiger partial charge in [-0.1, -0.05) is 12.1 Å². The standard InChI is InChI=1S/C21H26FN3O/c1-15-5-4-6-20(16(15)2)25-13-11-24(12-14-25)17(3)21(26)23-19-9-7-18(22)8-10-19/h4-10,17H,11-14H2,1-3H3,(H,23,26). The Labute approximate surface area is 154 Å². The van der Waals surface area contributed by atoms with E-state index >= 15 is 0 Å². The van der Waals surface area contributed by atoms with Crippen molar-refractivity contribution in [3.8, 4) is 0 Å². The molecule has 1 aliphatic rings. The van der Waals surface area contributed by atoms with Gasteiger partial charge in [-0.05, 0) is 62.2 Å². The second-order valence-corrected chi connectivity index (χ2v) is 6.91. The van der Waals surface area contributed by atoms with Crippen LogP contribution in [0, 0.1) is 19.7 Å². The zero-order valence-corrected chi connectivity index (χ0v) is 15.6. The van der Waals surface area contributed by atoms with Gasteiger partial charge in [-0.2, -0.15) is 0 Å². The van der Waals surface area contributed by atoms with Gasteiger partial charge in [0, 0.05) is 37.6 Å². The molecule has 1 saturated heterocycles. The molecule has 5 heteroatoms. The van der Waals surface area contributed by atoms with E-state index in [0.717, 1.165) is 26.2 Å². The summed E-state index contributed by atoms with van der Waals surface area (Å²) in [7, 11) is 0. The summed E-state index contributed by atoms with van der Waals surface area (Å²) in [6, 6.07) is 12.0. The first-order chi connectivity index (χ1) is 12.5. The molecule has 0 radical (unpaired) electrons. The fourth-order valence-electron chi connectivity index (χ4n) is 3.37. The normalized spacial score (nSPS) is 16.4. The molecule has 1 fully saturated rings. The molecule has 1 N–H and O–H groups in total. The lowest BCUT2D eigenvalue weighted by Crippen LogP contribution is -2.53. The molecule has 0 saturated carbocycles. The van der Waals surface area contributed by atoms with Gasteiger partial charge in [-0.25, -0.2) is 4.39 Å². The van der Waals surface area contributed by atoms with Crippen molar-refractivity contribution in [3.63, 3.8) is 0 Å². The third-order valence-electron chi connectivity index (χ3n) is 5.27. The summed E-state index contributed by atoms with van der Waals surface area (Å²) in [6.07, 6.45) is 0. The Bertz CT molecular complexity index is 767. The van der Waals surface area contributed by atoms with Crippen molar-refractivity contribution in [2.75, 3.05) is 36.4 Å². The summed E-state index contributed by atoms with van der Waals surface area (Å²) in [4.78, 5) is 17.1. The minimum atomic E-state index is -0.307. The first kappa shape index (κ1) is 18.4. The molecule has 0 bridgehead atoms. The number of hydrogen-bond acceptors (Lipinski definition) is 3.